The van der Waals surface area contributed by atoms with Crippen LogP contribution in [-0.2, 0) is 11.3 Å². The molecule has 0 bridgehead atoms. The highest BCUT2D eigenvalue weighted by atomic mass is 19.4. The van der Waals surface area contributed by atoms with Gasteiger partial charge in [-0.3, -0.25) is 4.98 Å². The third-order valence-corrected chi connectivity index (χ3v) is 2.01. The van der Waals surface area contributed by atoms with Crippen LogP contribution in [0.5, 0.6) is 5.75 Å². The highest BCUT2D eigenvalue weighted by Gasteiger charge is 2.28. The van der Waals surface area contributed by atoms with Crippen molar-refractivity contribution in [2.45, 2.75) is 39.1 Å². The van der Waals surface area contributed by atoms with Crippen molar-refractivity contribution < 1.29 is 27.4 Å². The maximum atomic E-state index is 12.0. The lowest BCUT2D eigenvalue weighted by Gasteiger charge is -2.19. The number of pyridine rings is 1. The molecule has 1 N–H and O–H groups in total. The van der Waals surface area contributed by atoms with Crippen LogP contribution in [0.25, 0.3) is 0 Å². The summed E-state index contributed by atoms with van der Waals surface area (Å²) < 4.78 is 45.7. The standard InChI is InChI=1S/C13H17F3N2O3/c1-12(2,3)21-11(19)18-6-9-4-10(7-17-5-9)20-8-13(14,15)16/h4-5,7H,6,8H2,1-3H3,(H,18,19). The first-order valence-corrected chi connectivity index (χ1v) is 6.15. The number of nitrogens with one attached hydrogen (secondary N) is 1. The van der Waals surface area contributed by atoms with E-state index in [1.165, 1.54) is 18.5 Å². The number of alkyl carbamates (subject to hydrolysis) is 1. The Morgan fingerprint density at radius 2 is 1.95 bits per heavy atom. The molecule has 1 rings (SSSR count). The van der Waals surface area contributed by atoms with E-state index in [1.807, 2.05) is 0 Å². The SMILES string of the molecule is CC(C)(C)OC(=O)NCc1cncc(OCC(F)(F)F)c1. The number of hydrogen-bond donors (Lipinski definition) is 1. The van der Waals surface area contributed by atoms with Crippen LogP contribution in [0.15, 0.2) is 18.5 Å². The number of aromatic nitrogens is 1. The second kappa shape index (κ2) is 6.64. The Kier molecular flexibility index (Phi) is 5.40. The van der Waals surface area contributed by atoms with Crippen LogP contribution in [0.2, 0.25) is 0 Å². The number of carbonyl (C=O) groups is 1. The quantitative estimate of drug-likeness (QED) is 0.929. The minimum atomic E-state index is -4.41. The summed E-state index contributed by atoms with van der Waals surface area (Å²) in [5.41, 5.74) is -0.125. The summed E-state index contributed by atoms with van der Waals surface area (Å²) in [5, 5.41) is 2.48. The maximum absolute atomic E-state index is 12.0. The van der Waals surface area contributed by atoms with E-state index < -0.39 is 24.5 Å². The molecular formula is C13H17F3N2O3. The van der Waals surface area contributed by atoms with Crippen molar-refractivity contribution in [3.63, 3.8) is 0 Å². The van der Waals surface area contributed by atoms with E-state index in [9.17, 15) is 18.0 Å². The van der Waals surface area contributed by atoms with E-state index >= 15 is 0 Å². The largest absolute Gasteiger partial charge is 0.482 e. The van der Waals surface area contributed by atoms with Crippen molar-refractivity contribution in [1.29, 1.82) is 0 Å². The Morgan fingerprint density at radius 1 is 1.29 bits per heavy atom. The van der Waals surface area contributed by atoms with Crippen molar-refractivity contribution >= 4 is 6.09 Å². The van der Waals surface area contributed by atoms with Gasteiger partial charge >= 0.3 is 12.3 Å². The third kappa shape index (κ3) is 8.01. The fourth-order valence-corrected chi connectivity index (χ4v) is 1.29. The lowest BCUT2D eigenvalue weighted by molar-refractivity contribution is -0.153. The van der Waals surface area contributed by atoms with Crippen LogP contribution in [-0.4, -0.2) is 29.5 Å². The van der Waals surface area contributed by atoms with Crippen LogP contribution in [0, 0.1) is 0 Å². The molecule has 0 fully saturated rings. The summed E-state index contributed by atoms with van der Waals surface area (Å²) in [6, 6.07) is 1.37. The molecule has 8 heteroatoms. The predicted molar refractivity (Wildman–Crippen MR) is 68.9 cm³/mol. The van der Waals surface area contributed by atoms with E-state index in [-0.39, 0.29) is 12.3 Å². The number of carbonyl (C=O) groups excluding carboxylic acids is 1. The Labute approximate surface area is 120 Å². The van der Waals surface area contributed by atoms with E-state index in [1.54, 1.807) is 20.8 Å². The first-order valence-electron chi connectivity index (χ1n) is 6.15. The molecule has 0 spiro atoms. The molecule has 1 aromatic rings. The zero-order chi connectivity index (χ0) is 16.1. The van der Waals surface area contributed by atoms with E-state index in [4.69, 9.17) is 4.74 Å². The second-order valence-electron chi connectivity index (χ2n) is 5.29. The fourth-order valence-electron chi connectivity index (χ4n) is 1.29. The number of halogens is 3. The number of rotatable bonds is 4. The van der Waals surface area contributed by atoms with Crippen LogP contribution in [0.4, 0.5) is 18.0 Å². The molecule has 0 saturated heterocycles. The van der Waals surface area contributed by atoms with Crippen molar-refractivity contribution in [1.82, 2.24) is 10.3 Å². The van der Waals surface area contributed by atoms with Gasteiger partial charge in [-0.25, -0.2) is 4.79 Å². The average molecular weight is 306 g/mol. The zero-order valence-corrected chi connectivity index (χ0v) is 12.0. The van der Waals surface area contributed by atoms with Gasteiger partial charge < -0.3 is 14.8 Å². The second-order valence-corrected chi connectivity index (χ2v) is 5.29. The summed E-state index contributed by atoms with van der Waals surface area (Å²) in [6.07, 6.45) is -2.45. The van der Waals surface area contributed by atoms with Gasteiger partial charge in [0.1, 0.15) is 11.4 Å². The smallest absolute Gasteiger partial charge is 0.422 e. The van der Waals surface area contributed by atoms with E-state index in [0.29, 0.717) is 5.56 Å². The lowest BCUT2D eigenvalue weighted by Crippen LogP contribution is -2.32. The summed E-state index contributed by atoms with van der Waals surface area (Å²) in [5.74, 6) is -0.0178. The lowest BCUT2D eigenvalue weighted by atomic mass is 10.2. The molecule has 0 unspecified atom stereocenters. The molecule has 0 radical (unpaired) electrons. The van der Waals surface area contributed by atoms with Crippen molar-refractivity contribution in [3.8, 4) is 5.75 Å². The first kappa shape index (κ1) is 17.1. The molecule has 0 aromatic carbocycles. The molecule has 1 aromatic heterocycles. The molecule has 21 heavy (non-hydrogen) atoms. The molecule has 0 atom stereocenters. The summed E-state index contributed by atoms with van der Waals surface area (Å²) in [6.45, 7) is 3.85. The number of amides is 1. The zero-order valence-electron chi connectivity index (χ0n) is 12.0. The van der Waals surface area contributed by atoms with Gasteiger partial charge in [-0.15, -0.1) is 0 Å². The van der Waals surface area contributed by atoms with Crippen molar-refractivity contribution in [2.75, 3.05) is 6.61 Å². The van der Waals surface area contributed by atoms with Crippen LogP contribution in [0.1, 0.15) is 26.3 Å². The Balaban J connectivity index is 2.51. The molecule has 118 valence electrons. The first-order chi connectivity index (χ1) is 9.55. The van der Waals surface area contributed by atoms with Gasteiger partial charge in [-0.05, 0) is 32.4 Å². The molecule has 1 heterocycles. The third-order valence-electron chi connectivity index (χ3n) is 2.01. The van der Waals surface area contributed by atoms with E-state index in [2.05, 4.69) is 15.0 Å². The fraction of sp³-hybridized carbons (Fsp3) is 0.538. The Bertz CT molecular complexity index is 484. The molecule has 1 amide bonds. The molecule has 0 aliphatic heterocycles. The van der Waals surface area contributed by atoms with Gasteiger partial charge in [0.25, 0.3) is 0 Å². The molecule has 0 aliphatic rings. The van der Waals surface area contributed by atoms with Crippen LogP contribution >= 0.6 is 0 Å². The van der Waals surface area contributed by atoms with Crippen molar-refractivity contribution in [3.05, 3.63) is 24.0 Å². The maximum Gasteiger partial charge on any atom is 0.422 e. The molecule has 0 saturated carbocycles. The van der Waals surface area contributed by atoms with Gasteiger partial charge in [0.2, 0.25) is 0 Å². The highest BCUT2D eigenvalue weighted by molar-refractivity contribution is 5.67. The average Bonchev–Trinajstić information content (AvgIpc) is 2.32. The highest BCUT2D eigenvalue weighted by Crippen LogP contribution is 2.18. The van der Waals surface area contributed by atoms with Crippen LogP contribution in [0.3, 0.4) is 0 Å². The Hall–Kier alpha value is -1.99. The van der Waals surface area contributed by atoms with Gasteiger partial charge in [0.15, 0.2) is 6.61 Å². The number of alkyl halides is 3. The van der Waals surface area contributed by atoms with E-state index in [0.717, 1.165) is 0 Å². The van der Waals surface area contributed by atoms with Crippen LogP contribution < -0.4 is 10.1 Å². The van der Waals surface area contributed by atoms with Gasteiger partial charge in [0.05, 0.1) is 6.20 Å². The van der Waals surface area contributed by atoms with Gasteiger partial charge in [-0.2, -0.15) is 13.2 Å². The van der Waals surface area contributed by atoms with Gasteiger partial charge in [-0.1, -0.05) is 0 Å². The minimum Gasteiger partial charge on any atom is -0.482 e. The summed E-state index contributed by atoms with van der Waals surface area (Å²) in [4.78, 5) is 15.2. The minimum absolute atomic E-state index is 0.0178. The predicted octanol–water partition coefficient (Wildman–Crippen LogP) is 3.05. The summed E-state index contributed by atoms with van der Waals surface area (Å²) in [7, 11) is 0. The normalized spacial score (nSPS) is 11.9. The summed E-state index contributed by atoms with van der Waals surface area (Å²) >= 11 is 0. The molecule has 0 aliphatic carbocycles. The number of hydrogen-bond acceptors (Lipinski definition) is 4. The van der Waals surface area contributed by atoms with Crippen molar-refractivity contribution in [2.24, 2.45) is 0 Å². The molecule has 5 nitrogen and oxygen atoms in total. The monoisotopic (exact) mass is 306 g/mol. The van der Waals surface area contributed by atoms with Gasteiger partial charge in [0, 0.05) is 12.7 Å². The Morgan fingerprint density at radius 3 is 2.52 bits per heavy atom. The number of nitrogens with zero attached hydrogens (tertiary/aromatic N) is 1. The molecular weight excluding hydrogens is 289 g/mol. The topological polar surface area (TPSA) is 60.5 Å². The number of ether oxygens (including phenoxy) is 2.